The van der Waals surface area contributed by atoms with E-state index in [1.165, 1.54) is 4.68 Å². The molecule has 0 aliphatic rings. The van der Waals surface area contributed by atoms with E-state index in [0.717, 1.165) is 0 Å². The van der Waals surface area contributed by atoms with Gasteiger partial charge in [0, 0.05) is 19.3 Å². The molecule has 0 bridgehead atoms. The zero-order valence-electron chi connectivity index (χ0n) is 15.3. The van der Waals surface area contributed by atoms with E-state index in [9.17, 15) is 9.35 Å². The van der Waals surface area contributed by atoms with Crippen LogP contribution in [0, 0.1) is 0 Å². The molecule has 4 rings (SSSR count). The molecule has 0 saturated carbocycles. The van der Waals surface area contributed by atoms with Crippen molar-refractivity contribution >= 4 is 45.2 Å². The average Bonchev–Trinajstić information content (AvgIpc) is 2.97. The van der Waals surface area contributed by atoms with Gasteiger partial charge < -0.3 is 15.2 Å². The third-order valence-electron chi connectivity index (χ3n) is 4.20. The van der Waals surface area contributed by atoms with Crippen LogP contribution in [0.5, 0.6) is 0 Å². The molecule has 3 aromatic heterocycles. The quantitative estimate of drug-likeness (QED) is 0.449. The standard InChI is InChI=1S/C19H18N6O2S/c1-25-19(26)17-13(21-12-7-3-4-8-14(12)28(2)27)11-16(23-18(17)24-25)22-15-9-5-6-10-20-15/h3-11H,1-2H3,(H3,20,21,22,23,24). The van der Waals surface area contributed by atoms with E-state index >= 15 is 0 Å². The monoisotopic (exact) mass is 394 g/mol. The Morgan fingerprint density at radius 1 is 1.07 bits per heavy atom. The first-order valence-corrected chi connectivity index (χ1v) is 10.1. The zero-order chi connectivity index (χ0) is 19.7. The summed E-state index contributed by atoms with van der Waals surface area (Å²) in [6.07, 6.45) is 3.29. The van der Waals surface area contributed by atoms with Crippen molar-refractivity contribution in [3.8, 4) is 0 Å². The van der Waals surface area contributed by atoms with Gasteiger partial charge in [-0.3, -0.25) is 14.6 Å². The molecule has 0 spiro atoms. The van der Waals surface area contributed by atoms with Gasteiger partial charge in [-0.1, -0.05) is 18.2 Å². The predicted molar refractivity (Wildman–Crippen MR) is 111 cm³/mol. The molecule has 3 heterocycles. The van der Waals surface area contributed by atoms with E-state index in [1.807, 2.05) is 36.4 Å². The Morgan fingerprint density at radius 2 is 1.86 bits per heavy atom. The minimum atomic E-state index is -1.18. The Kier molecular flexibility index (Phi) is 4.76. The number of para-hydroxylation sites is 1. The van der Waals surface area contributed by atoms with E-state index in [-0.39, 0.29) is 5.56 Å². The lowest BCUT2D eigenvalue weighted by Gasteiger charge is -2.13. The molecule has 0 radical (unpaired) electrons. The van der Waals surface area contributed by atoms with Crippen LogP contribution in [0.25, 0.3) is 11.0 Å². The van der Waals surface area contributed by atoms with Crippen LogP contribution in [-0.2, 0) is 18.2 Å². The topological polar surface area (TPSA) is 111 Å². The van der Waals surface area contributed by atoms with E-state index in [4.69, 9.17) is 0 Å². The maximum absolute atomic E-state index is 12.6. The molecule has 142 valence electrons. The van der Waals surface area contributed by atoms with Crippen LogP contribution in [-0.4, -0.2) is 30.6 Å². The van der Waals surface area contributed by atoms with Gasteiger partial charge in [0.15, 0.2) is 10.5 Å². The molecule has 0 amide bonds. The number of anilines is 4. The number of rotatable bonds is 5. The van der Waals surface area contributed by atoms with E-state index < -0.39 is 11.2 Å². The van der Waals surface area contributed by atoms with Crippen molar-refractivity contribution in [1.82, 2.24) is 19.7 Å². The molecule has 0 saturated heterocycles. The molecule has 0 aliphatic heterocycles. The second kappa shape index (κ2) is 7.37. The van der Waals surface area contributed by atoms with Gasteiger partial charge in [-0.25, -0.2) is 9.97 Å². The zero-order valence-corrected chi connectivity index (χ0v) is 16.1. The Morgan fingerprint density at radius 3 is 2.61 bits per heavy atom. The molecule has 1 aromatic carbocycles. The lowest BCUT2D eigenvalue weighted by atomic mass is 10.2. The van der Waals surface area contributed by atoms with Gasteiger partial charge in [-0.05, 0) is 35.4 Å². The number of hydrogen-bond donors (Lipinski definition) is 3. The van der Waals surface area contributed by atoms with E-state index in [2.05, 4.69) is 25.7 Å². The van der Waals surface area contributed by atoms with E-state index in [0.29, 0.717) is 38.9 Å². The fourth-order valence-electron chi connectivity index (χ4n) is 2.92. The van der Waals surface area contributed by atoms with Crippen molar-refractivity contribution in [2.75, 3.05) is 16.9 Å². The molecule has 0 aliphatic carbocycles. The maximum Gasteiger partial charge on any atom is 0.277 e. The molecular weight excluding hydrogens is 376 g/mol. The number of aromatic amines is 1. The first kappa shape index (κ1) is 18.1. The average molecular weight is 394 g/mol. The highest BCUT2D eigenvalue weighted by atomic mass is 32.2. The van der Waals surface area contributed by atoms with Gasteiger partial charge >= 0.3 is 0 Å². The van der Waals surface area contributed by atoms with Crippen LogP contribution in [0.15, 0.2) is 64.4 Å². The van der Waals surface area contributed by atoms with Gasteiger partial charge in [0.05, 0.1) is 11.4 Å². The second-order valence-electron chi connectivity index (χ2n) is 6.17. The maximum atomic E-state index is 12.6. The fraction of sp³-hybridized carbons (Fsp3) is 0.105. The largest absolute Gasteiger partial charge is 0.612 e. The number of benzene rings is 1. The van der Waals surface area contributed by atoms with Crippen molar-refractivity contribution in [3.05, 3.63) is 65.1 Å². The molecule has 0 fully saturated rings. The second-order valence-corrected chi connectivity index (χ2v) is 7.52. The molecule has 1 unspecified atom stereocenters. The smallest absolute Gasteiger partial charge is 0.277 e. The van der Waals surface area contributed by atoms with Crippen LogP contribution in [0.1, 0.15) is 0 Å². The van der Waals surface area contributed by atoms with Crippen LogP contribution >= 0.6 is 0 Å². The molecule has 28 heavy (non-hydrogen) atoms. The summed E-state index contributed by atoms with van der Waals surface area (Å²) in [5.74, 6) is 1.15. The highest BCUT2D eigenvalue weighted by Gasteiger charge is 2.17. The number of fused-ring (bicyclic) bond motifs is 1. The SMILES string of the molecule is Cn1[nH]c2nc(Nc3ccccn3)cc(Nc3ccccc3[S+](C)[O-])c2c1=O. The number of pyridine rings is 2. The summed E-state index contributed by atoms with van der Waals surface area (Å²) in [5, 5.41) is 9.76. The summed E-state index contributed by atoms with van der Waals surface area (Å²) >= 11 is -1.18. The van der Waals surface area contributed by atoms with Crippen LogP contribution < -0.4 is 16.2 Å². The Bertz CT molecular complexity index is 1190. The third-order valence-corrected chi connectivity index (χ3v) is 5.17. The predicted octanol–water partition coefficient (Wildman–Crippen LogP) is 2.88. The summed E-state index contributed by atoms with van der Waals surface area (Å²) < 4.78 is 13.4. The number of hydrogen-bond acceptors (Lipinski definition) is 6. The minimum absolute atomic E-state index is 0.204. The Labute approximate surface area is 163 Å². The lowest BCUT2D eigenvalue weighted by molar-refractivity contribution is 0.601. The molecule has 8 nitrogen and oxygen atoms in total. The van der Waals surface area contributed by atoms with Crippen molar-refractivity contribution < 1.29 is 4.55 Å². The van der Waals surface area contributed by atoms with Gasteiger partial charge in [-0.2, -0.15) is 0 Å². The number of nitrogens with zero attached hydrogens (tertiary/aromatic N) is 3. The first-order chi connectivity index (χ1) is 13.5. The first-order valence-electron chi connectivity index (χ1n) is 8.50. The fourth-order valence-corrected chi connectivity index (χ4v) is 3.61. The van der Waals surface area contributed by atoms with Crippen LogP contribution in [0.4, 0.5) is 23.0 Å². The Balaban J connectivity index is 1.83. The highest BCUT2D eigenvalue weighted by Crippen LogP contribution is 2.29. The Hall–Kier alpha value is -3.30. The lowest BCUT2D eigenvalue weighted by Crippen LogP contribution is -2.12. The molecule has 4 aromatic rings. The number of aromatic nitrogens is 4. The molecule has 9 heteroatoms. The number of nitrogens with one attached hydrogen (secondary N) is 3. The number of aryl methyl sites for hydroxylation is 1. The summed E-state index contributed by atoms with van der Waals surface area (Å²) in [6.45, 7) is 0. The van der Waals surface area contributed by atoms with Gasteiger partial charge in [0.2, 0.25) is 0 Å². The summed E-state index contributed by atoms with van der Waals surface area (Å²) in [7, 11) is 1.63. The van der Waals surface area contributed by atoms with Crippen molar-refractivity contribution in [1.29, 1.82) is 0 Å². The van der Waals surface area contributed by atoms with E-state index in [1.54, 1.807) is 31.6 Å². The number of H-pyrrole nitrogens is 1. The third kappa shape index (κ3) is 3.45. The molecule has 1 atom stereocenters. The highest BCUT2D eigenvalue weighted by molar-refractivity contribution is 7.90. The van der Waals surface area contributed by atoms with Gasteiger partial charge in [0.1, 0.15) is 23.3 Å². The normalized spacial score (nSPS) is 12.1. The minimum Gasteiger partial charge on any atom is -0.612 e. The van der Waals surface area contributed by atoms with Crippen LogP contribution in [0.2, 0.25) is 0 Å². The van der Waals surface area contributed by atoms with Crippen molar-refractivity contribution in [2.24, 2.45) is 7.05 Å². The van der Waals surface area contributed by atoms with Gasteiger partial charge in [-0.15, -0.1) is 0 Å². The summed E-state index contributed by atoms with van der Waals surface area (Å²) in [5.41, 5.74) is 1.46. The summed E-state index contributed by atoms with van der Waals surface area (Å²) in [6, 6.07) is 14.5. The van der Waals surface area contributed by atoms with Crippen molar-refractivity contribution in [2.45, 2.75) is 4.90 Å². The molecule has 3 N–H and O–H groups in total. The summed E-state index contributed by atoms with van der Waals surface area (Å²) in [4.78, 5) is 22.0. The van der Waals surface area contributed by atoms with Gasteiger partial charge in [0.25, 0.3) is 5.56 Å². The van der Waals surface area contributed by atoms with Crippen LogP contribution in [0.3, 0.4) is 0 Å². The van der Waals surface area contributed by atoms with Crippen molar-refractivity contribution in [3.63, 3.8) is 0 Å². The molecular formula is C19H18N6O2S.